The van der Waals surface area contributed by atoms with Gasteiger partial charge in [-0.3, -0.25) is 9.69 Å². The second-order valence-corrected chi connectivity index (χ2v) is 9.28. The van der Waals surface area contributed by atoms with Gasteiger partial charge in [-0.15, -0.1) is 0 Å². The lowest BCUT2D eigenvalue weighted by Crippen LogP contribution is -2.57. The lowest BCUT2D eigenvalue weighted by Gasteiger charge is -2.40. The van der Waals surface area contributed by atoms with Crippen LogP contribution in [-0.4, -0.2) is 51.7 Å². The van der Waals surface area contributed by atoms with Crippen LogP contribution in [0, 0.1) is 0 Å². The van der Waals surface area contributed by atoms with Crippen molar-refractivity contribution in [1.29, 1.82) is 0 Å². The van der Waals surface area contributed by atoms with Crippen molar-refractivity contribution in [3.8, 4) is 0 Å². The fourth-order valence-corrected chi connectivity index (χ4v) is 4.45. The van der Waals surface area contributed by atoms with E-state index in [2.05, 4.69) is 32.6 Å². The highest BCUT2D eigenvalue weighted by molar-refractivity contribution is 5.84. The number of carbonyl (C=O) groups is 2. The van der Waals surface area contributed by atoms with E-state index in [4.69, 9.17) is 15.9 Å². The third-order valence-corrected chi connectivity index (χ3v) is 6.71. The normalized spacial score (nSPS) is 13.8. The topological polar surface area (TPSA) is 104 Å². The maximum absolute atomic E-state index is 12.2. The van der Waals surface area contributed by atoms with Gasteiger partial charge in [0.1, 0.15) is 6.10 Å². The highest BCUT2D eigenvalue weighted by atomic mass is 16.4. The SMILES string of the molecule is CC(O)C(=O)O.CCCCCCCCCCCCCCCCC(CC)(C(N)=O)N(CC)CC. The Morgan fingerprint density at radius 2 is 1.09 bits per heavy atom. The maximum atomic E-state index is 12.2. The van der Waals surface area contributed by atoms with E-state index in [-0.39, 0.29) is 5.91 Å². The first-order valence-electron chi connectivity index (χ1n) is 13.7. The summed E-state index contributed by atoms with van der Waals surface area (Å²) in [5, 5.41) is 15.8. The standard InChI is InChI=1S/C24H50N2O.C3H6O3/c1-5-9-10-11-12-13-14-15-16-17-18-19-20-21-22-24(6-2,23(25)27)26(7-3)8-4;1-2(4)3(5)6/h5-22H2,1-4H3,(H2,25,27);2,4H,1H3,(H,5,6). The molecule has 0 aromatic carbocycles. The Morgan fingerprint density at radius 1 is 0.758 bits per heavy atom. The van der Waals surface area contributed by atoms with Gasteiger partial charge in [0.05, 0.1) is 5.54 Å². The van der Waals surface area contributed by atoms with Crippen molar-refractivity contribution in [2.24, 2.45) is 5.73 Å². The summed E-state index contributed by atoms with van der Waals surface area (Å²) in [5.41, 5.74) is 5.38. The van der Waals surface area contributed by atoms with E-state index in [9.17, 15) is 9.59 Å². The third-order valence-electron chi connectivity index (χ3n) is 6.71. The van der Waals surface area contributed by atoms with Crippen LogP contribution >= 0.6 is 0 Å². The summed E-state index contributed by atoms with van der Waals surface area (Å²) in [6.45, 7) is 11.6. The molecule has 0 aliphatic rings. The first-order chi connectivity index (χ1) is 15.7. The number of carboxylic acids is 1. The molecule has 0 rings (SSSR count). The van der Waals surface area contributed by atoms with Crippen LogP contribution in [0.5, 0.6) is 0 Å². The van der Waals surface area contributed by atoms with Gasteiger partial charge in [0.2, 0.25) is 5.91 Å². The van der Waals surface area contributed by atoms with Crippen LogP contribution in [0.25, 0.3) is 0 Å². The summed E-state index contributed by atoms with van der Waals surface area (Å²) in [6, 6.07) is 0. The monoisotopic (exact) mass is 472 g/mol. The molecule has 1 amide bonds. The maximum Gasteiger partial charge on any atom is 0.332 e. The minimum Gasteiger partial charge on any atom is -0.479 e. The number of hydrogen-bond acceptors (Lipinski definition) is 4. The minimum absolute atomic E-state index is 0.136. The van der Waals surface area contributed by atoms with Crippen molar-refractivity contribution in [2.45, 2.75) is 149 Å². The number of carboxylic acid groups (broad SMARTS) is 1. The second kappa shape index (κ2) is 22.6. The number of hydrogen-bond donors (Lipinski definition) is 3. The lowest BCUT2D eigenvalue weighted by atomic mass is 9.86. The molecule has 0 spiro atoms. The van der Waals surface area contributed by atoms with Crippen LogP contribution in [0.15, 0.2) is 0 Å². The van der Waals surface area contributed by atoms with Crippen LogP contribution < -0.4 is 5.73 Å². The van der Waals surface area contributed by atoms with Gasteiger partial charge in [0.15, 0.2) is 0 Å². The van der Waals surface area contributed by atoms with Crippen molar-refractivity contribution < 1.29 is 19.8 Å². The predicted molar refractivity (Wildman–Crippen MR) is 139 cm³/mol. The molecule has 6 nitrogen and oxygen atoms in total. The van der Waals surface area contributed by atoms with Crippen molar-refractivity contribution in [2.75, 3.05) is 13.1 Å². The molecule has 0 saturated carbocycles. The van der Waals surface area contributed by atoms with E-state index in [1.54, 1.807) is 0 Å². The first-order valence-corrected chi connectivity index (χ1v) is 13.7. The van der Waals surface area contributed by atoms with Crippen LogP contribution in [0.1, 0.15) is 137 Å². The number of rotatable bonds is 21. The molecule has 198 valence electrons. The number of unbranched alkanes of at least 4 members (excludes halogenated alkanes) is 13. The Labute approximate surface area is 204 Å². The molecular formula is C27H56N2O4. The number of likely N-dealkylation sites (N-methyl/N-ethyl adjacent to an activating group) is 1. The Morgan fingerprint density at radius 3 is 1.33 bits per heavy atom. The smallest absolute Gasteiger partial charge is 0.332 e. The molecule has 0 aromatic rings. The molecule has 4 N–H and O–H groups in total. The van der Waals surface area contributed by atoms with Gasteiger partial charge in [0, 0.05) is 0 Å². The van der Waals surface area contributed by atoms with E-state index in [1.807, 2.05) is 0 Å². The van der Waals surface area contributed by atoms with E-state index < -0.39 is 17.6 Å². The number of carbonyl (C=O) groups excluding carboxylic acids is 1. The second-order valence-electron chi connectivity index (χ2n) is 9.28. The van der Waals surface area contributed by atoms with Gasteiger partial charge < -0.3 is 15.9 Å². The molecule has 0 saturated heterocycles. The molecule has 2 unspecified atom stereocenters. The average molecular weight is 473 g/mol. The predicted octanol–water partition coefficient (Wildman–Crippen LogP) is 6.29. The van der Waals surface area contributed by atoms with Gasteiger partial charge in [-0.05, 0) is 32.9 Å². The van der Waals surface area contributed by atoms with Crippen molar-refractivity contribution >= 4 is 11.9 Å². The highest BCUT2D eigenvalue weighted by Crippen LogP contribution is 2.27. The van der Waals surface area contributed by atoms with Gasteiger partial charge in [0.25, 0.3) is 0 Å². The largest absolute Gasteiger partial charge is 0.479 e. The summed E-state index contributed by atoms with van der Waals surface area (Å²) in [4.78, 5) is 23.9. The van der Waals surface area contributed by atoms with Gasteiger partial charge >= 0.3 is 5.97 Å². The Kier molecular flexibility index (Phi) is 23.3. The molecule has 0 bridgehead atoms. The molecular weight excluding hydrogens is 416 g/mol. The Balaban J connectivity index is 0. The van der Waals surface area contributed by atoms with Crippen molar-refractivity contribution in [1.82, 2.24) is 4.90 Å². The van der Waals surface area contributed by atoms with Gasteiger partial charge in [-0.1, -0.05) is 118 Å². The number of aliphatic carboxylic acids is 1. The molecule has 2 atom stereocenters. The van der Waals surface area contributed by atoms with E-state index in [1.165, 1.54) is 90.4 Å². The molecule has 0 aromatic heterocycles. The van der Waals surface area contributed by atoms with Crippen LogP contribution in [0.2, 0.25) is 0 Å². The highest BCUT2D eigenvalue weighted by Gasteiger charge is 2.38. The lowest BCUT2D eigenvalue weighted by molar-refractivity contribution is -0.145. The van der Waals surface area contributed by atoms with Crippen LogP contribution in [-0.2, 0) is 9.59 Å². The Hall–Kier alpha value is -1.14. The summed E-state index contributed by atoms with van der Waals surface area (Å²) < 4.78 is 0. The van der Waals surface area contributed by atoms with Gasteiger partial charge in [-0.2, -0.15) is 0 Å². The third kappa shape index (κ3) is 17.0. The quantitative estimate of drug-likeness (QED) is 0.170. The summed E-state index contributed by atoms with van der Waals surface area (Å²) in [6.07, 6.45) is 19.6. The first kappa shape index (κ1) is 34.0. The fraction of sp³-hybridized carbons (Fsp3) is 0.926. The van der Waals surface area contributed by atoms with E-state index in [0.29, 0.717) is 0 Å². The number of nitrogens with zero attached hydrogens (tertiary/aromatic N) is 1. The molecule has 0 heterocycles. The van der Waals surface area contributed by atoms with Crippen molar-refractivity contribution in [3.63, 3.8) is 0 Å². The van der Waals surface area contributed by atoms with E-state index in [0.717, 1.165) is 32.4 Å². The number of nitrogens with two attached hydrogens (primary N) is 1. The fourth-order valence-electron chi connectivity index (χ4n) is 4.45. The zero-order valence-corrected chi connectivity index (χ0v) is 22.5. The summed E-state index contributed by atoms with van der Waals surface area (Å²) in [5.74, 6) is -1.32. The average Bonchev–Trinajstić information content (AvgIpc) is 2.78. The molecule has 0 aliphatic heterocycles. The van der Waals surface area contributed by atoms with Gasteiger partial charge in [-0.25, -0.2) is 4.79 Å². The molecule has 0 fully saturated rings. The Bertz CT molecular complexity index is 467. The number of aliphatic hydroxyl groups is 1. The molecule has 0 aliphatic carbocycles. The summed E-state index contributed by atoms with van der Waals surface area (Å²) in [7, 11) is 0. The van der Waals surface area contributed by atoms with Crippen molar-refractivity contribution in [3.05, 3.63) is 0 Å². The molecule has 6 heteroatoms. The van der Waals surface area contributed by atoms with E-state index >= 15 is 0 Å². The zero-order chi connectivity index (χ0) is 25.5. The number of aliphatic hydroxyl groups excluding tert-OH is 1. The summed E-state index contributed by atoms with van der Waals surface area (Å²) >= 11 is 0. The zero-order valence-electron chi connectivity index (χ0n) is 22.5. The molecule has 0 radical (unpaired) electrons. The molecule has 33 heavy (non-hydrogen) atoms. The van der Waals surface area contributed by atoms with Crippen LogP contribution in [0.3, 0.4) is 0 Å². The number of amides is 1. The van der Waals surface area contributed by atoms with Crippen LogP contribution in [0.4, 0.5) is 0 Å². The number of primary amides is 1. The minimum atomic E-state index is -1.23.